The van der Waals surface area contributed by atoms with E-state index in [-0.39, 0.29) is 37.0 Å². The van der Waals surface area contributed by atoms with Crippen LogP contribution in [0.2, 0.25) is 0 Å². The second-order valence-corrected chi connectivity index (χ2v) is 5.14. The molecule has 1 aromatic rings. The van der Waals surface area contributed by atoms with E-state index in [2.05, 4.69) is 9.47 Å². The Balaban J connectivity index is 2.97. The van der Waals surface area contributed by atoms with Gasteiger partial charge in [0.15, 0.2) is 30.5 Å². The van der Waals surface area contributed by atoms with Gasteiger partial charge in [0.2, 0.25) is 0 Å². The second kappa shape index (κ2) is 10.3. The molecule has 0 saturated heterocycles. The van der Waals surface area contributed by atoms with Crippen LogP contribution >= 0.6 is 0 Å². The molecule has 1 aromatic carbocycles. The summed E-state index contributed by atoms with van der Waals surface area (Å²) in [6.07, 6.45) is 0. The number of benzene rings is 1. The zero-order chi connectivity index (χ0) is 18.8. The van der Waals surface area contributed by atoms with Crippen LogP contribution in [0.4, 0.5) is 0 Å². The number of Topliss-reactive ketones (excluding diaryl/α,β-unsaturated/α-hetero) is 1. The number of hydrogen-bond acceptors (Lipinski definition) is 8. The van der Waals surface area contributed by atoms with E-state index in [1.165, 1.54) is 26.4 Å². The molecule has 0 fully saturated rings. The molecular formula is C17H23NO7. The minimum Gasteiger partial charge on any atom is -0.478 e. The summed E-state index contributed by atoms with van der Waals surface area (Å²) >= 11 is 0. The number of hydrogen-bond donors (Lipinski definition) is 0. The zero-order valence-corrected chi connectivity index (χ0v) is 14.9. The number of likely N-dealkylation sites (N-methyl/N-ethyl adjacent to an activating group) is 1. The summed E-state index contributed by atoms with van der Waals surface area (Å²) in [6, 6.07) is 4.56. The molecule has 0 bridgehead atoms. The fourth-order valence-corrected chi connectivity index (χ4v) is 1.75. The Kier molecular flexibility index (Phi) is 8.42. The van der Waals surface area contributed by atoms with Crippen molar-refractivity contribution in [3.05, 3.63) is 23.8 Å². The first kappa shape index (κ1) is 20.4. The topological polar surface area (TPSA) is 91.4 Å². The van der Waals surface area contributed by atoms with E-state index in [1.54, 1.807) is 6.07 Å². The number of carbonyl (C=O) groups excluding carboxylic acids is 3. The van der Waals surface area contributed by atoms with E-state index >= 15 is 0 Å². The summed E-state index contributed by atoms with van der Waals surface area (Å²) in [7, 11) is 4.31. The maximum Gasteiger partial charge on any atom is 0.343 e. The van der Waals surface area contributed by atoms with Gasteiger partial charge in [-0.2, -0.15) is 0 Å². The average Bonchev–Trinajstić information content (AvgIpc) is 2.63. The lowest BCUT2D eigenvalue weighted by Crippen LogP contribution is -2.25. The number of ketones is 1. The molecule has 0 aliphatic carbocycles. The third kappa shape index (κ3) is 6.80. The smallest absolute Gasteiger partial charge is 0.343 e. The fraction of sp³-hybridized carbons (Fsp3) is 0.471. The van der Waals surface area contributed by atoms with E-state index in [0.717, 1.165) is 6.54 Å². The Hall–Kier alpha value is -2.61. The van der Waals surface area contributed by atoms with Crippen LogP contribution in [0.25, 0.3) is 0 Å². The van der Waals surface area contributed by atoms with Gasteiger partial charge < -0.3 is 18.9 Å². The number of methoxy groups -OCH3 is 2. The quantitative estimate of drug-likeness (QED) is 0.453. The summed E-state index contributed by atoms with van der Waals surface area (Å²) in [5.41, 5.74) is 0.408. The second-order valence-electron chi connectivity index (χ2n) is 5.14. The number of esters is 2. The van der Waals surface area contributed by atoms with Crippen molar-refractivity contribution in [2.75, 3.05) is 47.6 Å². The molecule has 0 aliphatic rings. The van der Waals surface area contributed by atoms with E-state index in [4.69, 9.17) is 9.47 Å². The Morgan fingerprint density at radius 2 is 1.52 bits per heavy atom. The minimum absolute atomic E-state index is 0.105. The first-order valence-corrected chi connectivity index (χ1v) is 7.66. The summed E-state index contributed by atoms with van der Waals surface area (Å²) in [6.45, 7) is 2.25. The molecule has 0 aromatic heterocycles. The van der Waals surface area contributed by atoms with E-state index in [9.17, 15) is 14.4 Å². The van der Waals surface area contributed by atoms with Crippen LogP contribution in [0.3, 0.4) is 0 Å². The highest BCUT2D eigenvalue weighted by Crippen LogP contribution is 2.29. The molecule has 0 atom stereocenters. The minimum atomic E-state index is -0.582. The molecule has 1 rings (SSSR count). The summed E-state index contributed by atoms with van der Waals surface area (Å²) in [4.78, 5) is 36.6. The molecule has 0 radical (unpaired) electrons. The lowest BCUT2D eigenvalue weighted by atomic mass is 10.1. The van der Waals surface area contributed by atoms with Gasteiger partial charge in [0.05, 0.1) is 20.8 Å². The molecular weight excluding hydrogens is 330 g/mol. The standard InChI is InChI=1S/C17H23NO7/c1-5-18(2)9-13(19)12-6-7-14(24-10-16(20)22-3)15(8-12)25-11-17(21)23-4/h6-8H,5,9-11H2,1-4H3. The molecule has 0 heterocycles. The highest BCUT2D eigenvalue weighted by Gasteiger charge is 2.15. The highest BCUT2D eigenvalue weighted by molar-refractivity contribution is 5.98. The molecule has 8 heteroatoms. The van der Waals surface area contributed by atoms with Crippen LogP contribution in [0, 0.1) is 0 Å². The van der Waals surface area contributed by atoms with E-state index in [0.29, 0.717) is 5.56 Å². The van der Waals surface area contributed by atoms with Gasteiger partial charge in [-0.25, -0.2) is 9.59 Å². The number of carbonyl (C=O) groups is 3. The molecule has 0 unspecified atom stereocenters. The normalized spacial score (nSPS) is 10.3. The van der Waals surface area contributed by atoms with Gasteiger partial charge in [0.1, 0.15) is 0 Å². The average molecular weight is 353 g/mol. The van der Waals surface area contributed by atoms with Crippen molar-refractivity contribution in [1.82, 2.24) is 4.90 Å². The molecule has 0 N–H and O–H groups in total. The van der Waals surface area contributed by atoms with E-state index in [1.807, 2.05) is 18.9 Å². The molecule has 0 aliphatic heterocycles. The largest absolute Gasteiger partial charge is 0.478 e. The number of ether oxygens (including phenoxy) is 4. The first-order chi connectivity index (χ1) is 11.9. The Morgan fingerprint density at radius 1 is 0.960 bits per heavy atom. The molecule has 8 nitrogen and oxygen atoms in total. The van der Waals surface area contributed by atoms with Crippen molar-refractivity contribution in [3.8, 4) is 11.5 Å². The predicted molar refractivity (Wildman–Crippen MR) is 89.0 cm³/mol. The fourth-order valence-electron chi connectivity index (χ4n) is 1.75. The predicted octanol–water partition coefficient (Wildman–Crippen LogP) is 0.925. The SMILES string of the molecule is CCN(C)CC(=O)c1ccc(OCC(=O)OC)c(OCC(=O)OC)c1. The molecule has 25 heavy (non-hydrogen) atoms. The first-order valence-electron chi connectivity index (χ1n) is 7.66. The van der Waals surface area contributed by atoms with Crippen molar-refractivity contribution in [2.24, 2.45) is 0 Å². The van der Waals surface area contributed by atoms with Crippen LogP contribution in [0.5, 0.6) is 11.5 Å². The van der Waals surface area contributed by atoms with Gasteiger partial charge in [-0.05, 0) is 31.8 Å². The van der Waals surface area contributed by atoms with Crippen molar-refractivity contribution < 1.29 is 33.3 Å². The maximum atomic E-state index is 12.3. The third-order valence-corrected chi connectivity index (χ3v) is 3.37. The third-order valence-electron chi connectivity index (χ3n) is 3.37. The summed E-state index contributed by atoms with van der Waals surface area (Å²) in [5.74, 6) is -0.870. The molecule has 0 spiro atoms. The van der Waals surface area contributed by atoms with Gasteiger partial charge in [0, 0.05) is 5.56 Å². The summed E-state index contributed by atoms with van der Waals surface area (Å²) < 4.78 is 19.7. The van der Waals surface area contributed by atoms with Gasteiger partial charge in [0.25, 0.3) is 0 Å². The molecule has 0 saturated carbocycles. The highest BCUT2D eigenvalue weighted by atomic mass is 16.6. The van der Waals surface area contributed by atoms with Gasteiger partial charge in [-0.1, -0.05) is 6.92 Å². The monoisotopic (exact) mass is 353 g/mol. The van der Waals surface area contributed by atoms with Crippen LogP contribution in [0.15, 0.2) is 18.2 Å². The summed E-state index contributed by atoms with van der Waals surface area (Å²) in [5, 5.41) is 0. The Labute approximate surface area is 146 Å². The maximum absolute atomic E-state index is 12.3. The van der Waals surface area contributed by atoms with Crippen molar-refractivity contribution >= 4 is 17.7 Å². The van der Waals surface area contributed by atoms with Crippen LogP contribution in [-0.2, 0) is 19.1 Å². The lowest BCUT2D eigenvalue weighted by Gasteiger charge is -2.15. The Bertz CT molecular complexity index is 615. The van der Waals surface area contributed by atoms with Crippen molar-refractivity contribution in [2.45, 2.75) is 6.92 Å². The van der Waals surface area contributed by atoms with Crippen LogP contribution in [0.1, 0.15) is 17.3 Å². The number of nitrogens with zero attached hydrogens (tertiary/aromatic N) is 1. The zero-order valence-electron chi connectivity index (χ0n) is 14.9. The number of rotatable bonds is 10. The molecule has 138 valence electrons. The van der Waals surface area contributed by atoms with Crippen molar-refractivity contribution in [1.29, 1.82) is 0 Å². The van der Waals surface area contributed by atoms with Crippen LogP contribution < -0.4 is 9.47 Å². The van der Waals surface area contributed by atoms with E-state index < -0.39 is 11.9 Å². The van der Waals surface area contributed by atoms with Gasteiger partial charge in [-0.15, -0.1) is 0 Å². The van der Waals surface area contributed by atoms with Crippen molar-refractivity contribution in [3.63, 3.8) is 0 Å². The Morgan fingerprint density at radius 3 is 2.04 bits per heavy atom. The molecule has 0 amide bonds. The van der Waals surface area contributed by atoms with Gasteiger partial charge >= 0.3 is 11.9 Å². The van der Waals surface area contributed by atoms with Crippen LogP contribution in [-0.4, -0.2) is 70.2 Å². The van der Waals surface area contributed by atoms with Gasteiger partial charge in [-0.3, -0.25) is 9.69 Å². The lowest BCUT2D eigenvalue weighted by molar-refractivity contribution is -0.144.